The van der Waals surface area contributed by atoms with Gasteiger partial charge in [0, 0.05) is 13.1 Å². The highest BCUT2D eigenvalue weighted by atomic mass is 16.6. The molecule has 2 amide bonds. The summed E-state index contributed by atoms with van der Waals surface area (Å²) < 4.78 is 11.0. The predicted molar refractivity (Wildman–Crippen MR) is 116 cm³/mol. The van der Waals surface area contributed by atoms with Crippen molar-refractivity contribution in [3.05, 3.63) is 35.9 Å². The molecule has 2 fully saturated rings. The molecule has 1 saturated heterocycles. The first-order chi connectivity index (χ1) is 15.2. The number of hydrogen-bond donors (Lipinski definition) is 0. The Bertz CT molecular complexity index is 737. The fourth-order valence-electron chi connectivity index (χ4n) is 4.39. The number of benzene rings is 1. The third kappa shape index (κ3) is 7.55. The van der Waals surface area contributed by atoms with Gasteiger partial charge in [-0.2, -0.15) is 5.26 Å². The van der Waals surface area contributed by atoms with Crippen LogP contribution in [0.3, 0.4) is 0 Å². The molecule has 7 heteroatoms. The van der Waals surface area contributed by atoms with Gasteiger partial charge in [-0.25, -0.2) is 9.69 Å². The van der Waals surface area contributed by atoms with E-state index in [9.17, 15) is 14.9 Å². The molecule has 1 saturated carbocycles. The summed E-state index contributed by atoms with van der Waals surface area (Å²) >= 11 is 0. The van der Waals surface area contributed by atoms with Crippen molar-refractivity contribution in [2.45, 2.75) is 57.5 Å². The standard InChI is InChI=1S/C24H33N3O4/c25-19-27(18-23(28)26-13-15-30-16-14-26)24(29)31-22(17-21-9-5-2-6-10-21)12-11-20-7-3-1-4-8-20/h1,3-4,7-8,21-22H,2,5-6,9-18H2/t22-/m0/s1. The molecule has 1 aromatic carbocycles. The summed E-state index contributed by atoms with van der Waals surface area (Å²) in [5.41, 5.74) is 1.20. The molecule has 0 N–H and O–H groups in total. The first-order valence-corrected chi connectivity index (χ1v) is 11.4. The molecule has 0 spiro atoms. The molecule has 1 aliphatic heterocycles. The number of nitrogens with zero attached hydrogens (tertiary/aromatic N) is 3. The molecule has 3 rings (SSSR count). The maximum atomic E-state index is 12.7. The normalized spacial score (nSPS) is 18.1. The highest BCUT2D eigenvalue weighted by molar-refractivity contribution is 5.83. The van der Waals surface area contributed by atoms with Crippen LogP contribution in [0.25, 0.3) is 0 Å². The average Bonchev–Trinajstić information content (AvgIpc) is 2.82. The first kappa shape index (κ1) is 23.1. The molecule has 1 aliphatic carbocycles. The zero-order chi connectivity index (χ0) is 21.9. The van der Waals surface area contributed by atoms with Crippen molar-refractivity contribution >= 4 is 12.0 Å². The van der Waals surface area contributed by atoms with Gasteiger partial charge in [-0.15, -0.1) is 0 Å². The SMILES string of the molecule is N#CN(CC(=O)N1CCOCC1)C(=O)O[C@@H](CCc1ccccc1)CC1CCCCC1. The van der Waals surface area contributed by atoms with Crippen LogP contribution in [-0.2, 0) is 20.7 Å². The van der Waals surface area contributed by atoms with E-state index in [1.165, 1.54) is 24.8 Å². The van der Waals surface area contributed by atoms with Crippen LogP contribution in [0.5, 0.6) is 0 Å². The van der Waals surface area contributed by atoms with Gasteiger partial charge in [0.1, 0.15) is 12.6 Å². The van der Waals surface area contributed by atoms with E-state index in [0.29, 0.717) is 38.6 Å². The molecular formula is C24H33N3O4. The minimum Gasteiger partial charge on any atom is -0.445 e. The third-order valence-electron chi connectivity index (χ3n) is 6.18. The highest BCUT2D eigenvalue weighted by Crippen LogP contribution is 2.29. The average molecular weight is 428 g/mol. The van der Waals surface area contributed by atoms with Crippen LogP contribution in [0.4, 0.5) is 4.79 Å². The van der Waals surface area contributed by atoms with Crippen LogP contribution in [-0.4, -0.2) is 60.8 Å². The number of ether oxygens (including phenoxy) is 2. The lowest BCUT2D eigenvalue weighted by atomic mass is 9.84. The molecule has 2 aliphatic rings. The third-order valence-corrected chi connectivity index (χ3v) is 6.18. The summed E-state index contributed by atoms with van der Waals surface area (Å²) in [7, 11) is 0. The molecule has 1 aromatic rings. The van der Waals surface area contributed by atoms with E-state index in [1.807, 2.05) is 24.4 Å². The van der Waals surface area contributed by atoms with Gasteiger partial charge in [-0.3, -0.25) is 4.79 Å². The number of amides is 2. The zero-order valence-electron chi connectivity index (χ0n) is 18.2. The molecule has 1 atom stereocenters. The second-order valence-corrected chi connectivity index (χ2v) is 8.45. The molecule has 0 radical (unpaired) electrons. The topological polar surface area (TPSA) is 82.9 Å². The van der Waals surface area contributed by atoms with Crippen LogP contribution < -0.4 is 0 Å². The quantitative estimate of drug-likeness (QED) is 0.466. The Balaban J connectivity index is 1.57. The molecule has 0 bridgehead atoms. The van der Waals surface area contributed by atoms with Crippen molar-refractivity contribution in [2.24, 2.45) is 5.92 Å². The maximum absolute atomic E-state index is 12.7. The molecule has 0 aromatic heterocycles. The Morgan fingerprint density at radius 1 is 1.16 bits per heavy atom. The van der Waals surface area contributed by atoms with Gasteiger partial charge in [-0.1, -0.05) is 62.4 Å². The van der Waals surface area contributed by atoms with E-state index in [4.69, 9.17) is 9.47 Å². The Labute approximate surface area is 184 Å². The Morgan fingerprint density at radius 2 is 1.87 bits per heavy atom. The van der Waals surface area contributed by atoms with Gasteiger partial charge < -0.3 is 14.4 Å². The molecule has 168 valence electrons. The number of rotatable bonds is 8. The van der Waals surface area contributed by atoms with Crippen molar-refractivity contribution in [1.82, 2.24) is 9.80 Å². The van der Waals surface area contributed by atoms with Crippen LogP contribution >= 0.6 is 0 Å². The minimum absolute atomic E-state index is 0.255. The van der Waals surface area contributed by atoms with Gasteiger partial charge in [0.15, 0.2) is 6.19 Å². The summed E-state index contributed by atoms with van der Waals surface area (Å²) in [6, 6.07) is 10.1. The summed E-state index contributed by atoms with van der Waals surface area (Å²) in [6.45, 7) is 1.63. The van der Waals surface area contributed by atoms with Crippen LogP contribution in [0.2, 0.25) is 0 Å². The van der Waals surface area contributed by atoms with Gasteiger partial charge in [0.05, 0.1) is 13.2 Å². The lowest BCUT2D eigenvalue weighted by molar-refractivity contribution is -0.135. The summed E-state index contributed by atoms with van der Waals surface area (Å²) in [6.07, 6.45) is 9.24. The van der Waals surface area contributed by atoms with Crippen LogP contribution in [0, 0.1) is 17.4 Å². The first-order valence-electron chi connectivity index (χ1n) is 11.4. The largest absolute Gasteiger partial charge is 0.445 e. The predicted octanol–water partition coefficient (Wildman–Crippen LogP) is 3.74. The smallest absolute Gasteiger partial charge is 0.423 e. The molecular weight excluding hydrogens is 394 g/mol. The Hall–Kier alpha value is -2.59. The van der Waals surface area contributed by atoms with E-state index in [2.05, 4.69) is 12.1 Å². The van der Waals surface area contributed by atoms with Gasteiger partial charge in [0.2, 0.25) is 5.91 Å². The lowest BCUT2D eigenvalue weighted by Gasteiger charge is -2.29. The fourth-order valence-corrected chi connectivity index (χ4v) is 4.39. The van der Waals surface area contributed by atoms with Gasteiger partial charge >= 0.3 is 6.09 Å². The highest BCUT2D eigenvalue weighted by Gasteiger charge is 2.27. The Morgan fingerprint density at radius 3 is 2.55 bits per heavy atom. The number of morpholine rings is 1. The zero-order valence-corrected chi connectivity index (χ0v) is 18.2. The van der Waals surface area contributed by atoms with Crippen molar-refractivity contribution in [1.29, 1.82) is 5.26 Å². The maximum Gasteiger partial charge on any atom is 0.423 e. The summed E-state index contributed by atoms with van der Waals surface area (Å²) in [5.74, 6) is 0.294. The van der Waals surface area contributed by atoms with Crippen LogP contribution in [0.1, 0.15) is 50.5 Å². The summed E-state index contributed by atoms with van der Waals surface area (Å²) in [5, 5.41) is 9.47. The number of aryl methyl sites for hydroxylation is 1. The van der Waals surface area contributed by atoms with Crippen molar-refractivity contribution in [3.63, 3.8) is 0 Å². The van der Waals surface area contributed by atoms with E-state index < -0.39 is 6.09 Å². The fraction of sp³-hybridized carbons (Fsp3) is 0.625. The van der Waals surface area contributed by atoms with E-state index in [-0.39, 0.29) is 18.6 Å². The molecule has 0 unspecified atom stereocenters. The van der Waals surface area contributed by atoms with Gasteiger partial charge in [0.25, 0.3) is 0 Å². The number of nitriles is 1. The van der Waals surface area contributed by atoms with Gasteiger partial charge in [-0.05, 0) is 30.7 Å². The van der Waals surface area contributed by atoms with Crippen LogP contribution in [0.15, 0.2) is 30.3 Å². The second-order valence-electron chi connectivity index (χ2n) is 8.45. The lowest BCUT2D eigenvalue weighted by Crippen LogP contribution is -2.46. The Kier molecular flexibility index (Phi) is 9.16. The summed E-state index contributed by atoms with van der Waals surface area (Å²) in [4.78, 5) is 27.7. The second kappa shape index (κ2) is 12.3. The minimum atomic E-state index is -0.724. The number of carbonyl (C=O) groups excluding carboxylic acids is 2. The van der Waals surface area contributed by atoms with E-state index in [1.54, 1.807) is 4.90 Å². The van der Waals surface area contributed by atoms with Crippen molar-refractivity contribution < 1.29 is 19.1 Å². The number of hydrogen-bond acceptors (Lipinski definition) is 5. The van der Waals surface area contributed by atoms with Crippen molar-refractivity contribution in [2.75, 3.05) is 32.8 Å². The molecule has 7 nitrogen and oxygen atoms in total. The molecule has 1 heterocycles. The van der Waals surface area contributed by atoms with E-state index in [0.717, 1.165) is 30.6 Å². The molecule has 31 heavy (non-hydrogen) atoms. The van der Waals surface area contributed by atoms with E-state index >= 15 is 0 Å². The monoisotopic (exact) mass is 427 g/mol. The van der Waals surface area contributed by atoms with Crippen molar-refractivity contribution in [3.8, 4) is 6.19 Å². The number of carbonyl (C=O) groups is 2.